The van der Waals surface area contributed by atoms with E-state index < -0.39 is 0 Å². The lowest BCUT2D eigenvalue weighted by molar-refractivity contribution is -0.122. The Hall–Kier alpha value is -2.15. The molecule has 2 aliphatic rings. The highest BCUT2D eigenvalue weighted by molar-refractivity contribution is 7.18. The first-order valence-electron chi connectivity index (χ1n) is 8.90. The number of urea groups is 1. The van der Waals surface area contributed by atoms with Crippen LogP contribution in [0.1, 0.15) is 36.7 Å². The van der Waals surface area contributed by atoms with E-state index >= 15 is 0 Å². The van der Waals surface area contributed by atoms with Gasteiger partial charge in [0.1, 0.15) is 5.01 Å². The van der Waals surface area contributed by atoms with Crippen LogP contribution in [0.2, 0.25) is 0 Å². The van der Waals surface area contributed by atoms with Crippen LogP contribution in [-0.2, 0) is 4.79 Å². The van der Waals surface area contributed by atoms with Crippen LogP contribution in [0.5, 0.6) is 0 Å². The second kappa shape index (κ2) is 7.00. The summed E-state index contributed by atoms with van der Waals surface area (Å²) in [5.41, 5.74) is 0.998. The molecular weight excluding hydrogens is 336 g/mol. The lowest BCUT2D eigenvalue weighted by Crippen LogP contribution is -2.42. The van der Waals surface area contributed by atoms with Crippen LogP contribution in [0.4, 0.5) is 4.79 Å². The van der Waals surface area contributed by atoms with Gasteiger partial charge in [-0.2, -0.15) is 0 Å². The molecule has 1 saturated carbocycles. The van der Waals surface area contributed by atoms with E-state index in [0.29, 0.717) is 13.1 Å². The summed E-state index contributed by atoms with van der Waals surface area (Å²) in [7, 11) is 0. The van der Waals surface area contributed by atoms with E-state index in [1.54, 1.807) is 11.3 Å². The zero-order valence-electron chi connectivity index (χ0n) is 14.0. The topological polar surface area (TPSA) is 74.3 Å². The fraction of sp³-hybridized carbons (Fsp3) is 0.500. The van der Waals surface area contributed by atoms with Crippen LogP contribution in [0.25, 0.3) is 10.2 Å². The van der Waals surface area contributed by atoms with E-state index in [1.807, 2.05) is 23.1 Å². The Kier molecular flexibility index (Phi) is 4.57. The third-order valence-corrected chi connectivity index (χ3v) is 5.90. The molecule has 1 aromatic carbocycles. The third kappa shape index (κ3) is 3.61. The number of fused-ring (bicyclic) bond motifs is 1. The highest BCUT2D eigenvalue weighted by atomic mass is 32.1. The van der Waals surface area contributed by atoms with Crippen molar-refractivity contribution in [2.75, 3.05) is 19.6 Å². The minimum absolute atomic E-state index is 0.0541. The predicted octanol–water partition coefficient (Wildman–Crippen LogP) is 2.67. The number of carbonyl (C=O) groups excluding carboxylic acids is 2. The number of hydrogen-bond donors (Lipinski definition) is 2. The van der Waals surface area contributed by atoms with Gasteiger partial charge in [0.05, 0.1) is 16.3 Å². The Morgan fingerprint density at radius 3 is 2.76 bits per heavy atom. The highest BCUT2D eigenvalue weighted by Gasteiger charge is 2.32. The Balaban J connectivity index is 1.33. The monoisotopic (exact) mass is 358 g/mol. The number of carbonyl (C=O) groups is 2. The lowest BCUT2D eigenvalue weighted by atomic mass is 10.2. The van der Waals surface area contributed by atoms with Crippen molar-refractivity contribution in [2.45, 2.75) is 31.7 Å². The van der Waals surface area contributed by atoms with Gasteiger partial charge in [-0.1, -0.05) is 12.1 Å². The van der Waals surface area contributed by atoms with Gasteiger partial charge in [0.2, 0.25) is 5.91 Å². The van der Waals surface area contributed by atoms with Crippen molar-refractivity contribution >= 4 is 33.5 Å². The van der Waals surface area contributed by atoms with Crippen molar-refractivity contribution in [2.24, 2.45) is 5.92 Å². The predicted molar refractivity (Wildman–Crippen MR) is 97.4 cm³/mol. The molecule has 4 rings (SSSR count). The average Bonchev–Trinajstić information content (AvgIpc) is 3.20. The van der Waals surface area contributed by atoms with E-state index in [4.69, 9.17) is 4.98 Å². The first-order valence-corrected chi connectivity index (χ1v) is 9.71. The average molecular weight is 358 g/mol. The summed E-state index contributed by atoms with van der Waals surface area (Å²) in [4.78, 5) is 30.7. The van der Waals surface area contributed by atoms with E-state index in [1.165, 1.54) is 0 Å². The molecular formula is C18H22N4O2S. The fourth-order valence-electron chi connectivity index (χ4n) is 3.25. The van der Waals surface area contributed by atoms with Gasteiger partial charge in [-0.05, 0) is 37.8 Å². The summed E-state index contributed by atoms with van der Waals surface area (Å²) in [6.07, 6.45) is 3.93. The first kappa shape index (κ1) is 16.3. The Labute approximate surface area is 150 Å². The highest BCUT2D eigenvalue weighted by Crippen LogP contribution is 2.36. The molecule has 1 unspecified atom stereocenters. The van der Waals surface area contributed by atoms with Crippen LogP contribution < -0.4 is 10.6 Å². The molecule has 132 valence electrons. The van der Waals surface area contributed by atoms with Gasteiger partial charge in [-0.25, -0.2) is 9.78 Å². The molecule has 1 aromatic heterocycles. The molecule has 6 nitrogen and oxygen atoms in total. The van der Waals surface area contributed by atoms with Crippen LogP contribution >= 0.6 is 11.3 Å². The molecule has 25 heavy (non-hydrogen) atoms. The van der Waals surface area contributed by atoms with Gasteiger partial charge in [0.15, 0.2) is 0 Å². The number of likely N-dealkylation sites (tertiary alicyclic amines) is 1. The van der Waals surface area contributed by atoms with Crippen molar-refractivity contribution in [3.8, 4) is 0 Å². The molecule has 2 N–H and O–H groups in total. The molecule has 1 aliphatic carbocycles. The number of aromatic nitrogens is 1. The van der Waals surface area contributed by atoms with Crippen molar-refractivity contribution < 1.29 is 9.59 Å². The number of thiazole rings is 1. The van der Waals surface area contributed by atoms with E-state index in [0.717, 1.165) is 47.5 Å². The fourth-order valence-corrected chi connectivity index (χ4v) is 4.36. The third-order valence-electron chi connectivity index (χ3n) is 4.76. The minimum atomic E-state index is -0.0672. The van der Waals surface area contributed by atoms with Crippen molar-refractivity contribution in [3.63, 3.8) is 0 Å². The molecule has 0 spiro atoms. The van der Waals surface area contributed by atoms with Gasteiger partial charge in [0, 0.05) is 25.6 Å². The quantitative estimate of drug-likeness (QED) is 0.807. The van der Waals surface area contributed by atoms with Crippen molar-refractivity contribution in [3.05, 3.63) is 29.3 Å². The van der Waals surface area contributed by atoms with Crippen LogP contribution in [0.15, 0.2) is 24.3 Å². The standard InChI is InChI=1S/C18H22N4O2S/c23-16(12-7-8-12)19-9-10-20-18(24)22-11-3-5-14(22)17-21-13-4-1-2-6-15(13)25-17/h1-2,4,6,12,14H,3,5,7-11H2,(H,19,23)(H,20,24). The number of hydrogen-bond acceptors (Lipinski definition) is 4. The summed E-state index contributed by atoms with van der Waals surface area (Å²) >= 11 is 1.67. The number of rotatable bonds is 5. The molecule has 0 bridgehead atoms. The number of nitrogens with one attached hydrogen (secondary N) is 2. The number of benzene rings is 1. The minimum Gasteiger partial charge on any atom is -0.354 e. The summed E-state index contributed by atoms with van der Waals surface area (Å²) < 4.78 is 1.16. The normalized spacial score (nSPS) is 20.0. The van der Waals surface area contributed by atoms with Crippen molar-refractivity contribution in [1.29, 1.82) is 0 Å². The second-order valence-electron chi connectivity index (χ2n) is 6.67. The molecule has 1 saturated heterocycles. The molecule has 2 heterocycles. The number of amides is 3. The van der Waals surface area contributed by atoms with Gasteiger partial charge in [-0.15, -0.1) is 11.3 Å². The van der Waals surface area contributed by atoms with E-state index in [2.05, 4.69) is 16.7 Å². The van der Waals surface area contributed by atoms with E-state index in [9.17, 15) is 9.59 Å². The lowest BCUT2D eigenvalue weighted by Gasteiger charge is -2.23. The first-order chi connectivity index (χ1) is 12.2. The van der Waals surface area contributed by atoms with Crippen LogP contribution in [0, 0.1) is 5.92 Å². The summed E-state index contributed by atoms with van der Waals surface area (Å²) in [5.74, 6) is 0.320. The van der Waals surface area contributed by atoms with Crippen LogP contribution in [-0.4, -0.2) is 41.5 Å². The second-order valence-corrected chi connectivity index (χ2v) is 7.73. The number of para-hydroxylation sites is 1. The number of nitrogens with zero attached hydrogens (tertiary/aromatic N) is 2. The zero-order chi connectivity index (χ0) is 17.2. The maximum atomic E-state index is 12.5. The maximum Gasteiger partial charge on any atom is 0.318 e. The summed E-state index contributed by atoms with van der Waals surface area (Å²) in [6, 6.07) is 8.07. The van der Waals surface area contributed by atoms with Gasteiger partial charge in [-0.3, -0.25) is 4.79 Å². The molecule has 7 heteroatoms. The van der Waals surface area contributed by atoms with Crippen LogP contribution in [0.3, 0.4) is 0 Å². The van der Waals surface area contributed by atoms with Gasteiger partial charge < -0.3 is 15.5 Å². The Morgan fingerprint density at radius 1 is 1.16 bits per heavy atom. The van der Waals surface area contributed by atoms with Gasteiger partial charge in [0.25, 0.3) is 0 Å². The molecule has 1 atom stereocenters. The molecule has 1 aliphatic heterocycles. The Bertz CT molecular complexity index is 753. The molecule has 2 fully saturated rings. The maximum absolute atomic E-state index is 12.5. The zero-order valence-corrected chi connectivity index (χ0v) is 14.8. The van der Waals surface area contributed by atoms with E-state index in [-0.39, 0.29) is 23.9 Å². The molecule has 3 amide bonds. The summed E-state index contributed by atoms with van der Waals surface area (Å²) in [5, 5.41) is 6.80. The van der Waals surface area contributed by atoms with Gasteiger partial charge >= 0.3 is 6.03 Å². The smallest absolute Gasteiger partial charge is 0.318 e. The van der Waals surface area contributed by atoms with Crippen molar-refractivity contribution in [1.82, 2.24) is 20.5 Å². The largest absolute Gasteiger partial charge is 0.354 e. The summed E-state index contributed by atoms with van der Waals surface area (Å²) in [6.45, 7) is 1.70. The SMILES string of the molecule is O=C(NCCNC(=O)N1CCCC1c1nc2ccccc2s1)C1CC1. The molecule has 0 radical (unpaired) electrons. The molecule has 2 aromatic rings. The Morgan fingerprint density at radius 2 is 1.96 bits per heavy atom.